The SMILES string of the molecule is BC1(C)CCC(C)(C)CC1(C)C. The van der Waals surface area contributed by atoms with Gasteiger partial charge in [0.25, 0.3) is 0 Å². The molecule has 1 aliphatic carbocycles. The first-order valence-corrected chi connectivity index (χ1v) is 5.16. The van der Waals surface area contributed by atoms with Gasteiger partial charge in [-0.3, -0.25) is 0 Å². The molecule has 70 valence electrons. The molecule has 1 saturated carbocycles. The van der Waals surface area contributed by atoms with E-state index in [0.717, 1.165) is 0 Å². The molecule has 0 saturated heterocycles. The largest absolute Gasteiger partial charge is 0.109 e. The highest BCUT2D eigenvalue weighted by Crippen LogP contribution is 2.58. The maximum Gasteiger partial charge on any atom is 0.109 e. The summed E-state index contributed by atoms with van der Waals surface area (Å²) in [6.45, 7) is 12.1. The van der Waals surface area contributed by atoms with E-state index in [4.69, 9.17) is 0 Å². The van der Waals surface area contributed by atoms with E-state index in [0.29, 0.717) is 16.1 Å². The fraction of sp³-hybridized carbons (Fsp3) is 1.00. The van der Waals surface area contributed by atoms with E-state index >= 15 is 0 Å². The zero-order valence-electron chi connectivity index (χ0n) is 9.62. The third-order valence-electron chi connectivity index (χ3n) is 4.18. The summed E-state index contributed by atoms with van der Waals surface area (Å²) in [5.41, 5.74) is 1.08. The van der Waals surface area contributed by atoms with Crippen LogP contribution in [0.2, 0.25) is 5.31 Å². The maximum atomic E-state index is 2.42. The molecule has 0 aliphatic heterocycles. The van der Waals surface area contributed by atoms with Gasteiger partial charge in [-0.15, -0.1) is 0 Å². The summed E-state index contributed by atoms with van der Waals surface area (Å²) in [5, 5.41) is 0.530. The molecule has 1 rings (SSSR count). The van der Waals surface area contributed by atoms with Crippen LogP contribution in [0.15, 0.2) is 0 Å². The minimum absolute atomic E-state index is 0.509. The van der Waals surface area contributed by atoms with E-state index in [1.54, 1.807) is 0 Å². The maximum absolute atomic E-state index is 2.42. The van der Waals surface area contributed by atoms with Crippen molar-refractivity contribution >= 4 is 7.85 Å². The Hall–Kier alpha value is 0.0649. The van der Waals surface area contributed by atoms with Crippen molar-refractivity contribution in [3.63, 3.8) is 0 Å². The van der Waals surface area contributed by atoms with Crippen molar-refractivity contribution in [1.29, 1.82) is 0 Å². The lowest BCUT2D eigenvalue weighted by Gasteiger charge is -2.52. The summed E-state index contributed by atoms with van der Waals surface area (Å²) in [7, 11) is 2.42. The van der Waals surface area contributed by atoms with Crippen LogP contribution >= 0.6 is 0 Å². The van der Waals surface area contributed by atoms with Gasteiger partial charge >= 0.3 is 0 Å². The second-order valence-electron chi connectivity index (χ2n) is 6.61. The smallest absolute Gasteiger partial charge is 0.0664 e. The van der Waals surface area contributed by atoms with Gasteiger partial charge in [0.2, 0.25) is 0 Å². The molecule has 0 spiro atoms. The van der Waals surface area contributed by atoms with E-state index < -0.39 is 0 Å². The Morgan fingerprint density at radius 1 is 0.917 bits per heavy atom. The van der Waals surface area contributed by atoms with Gasteiger partial charge in [0.1, 0.15) is 7.85 Å². The third kappa shape index (κ3) is 1.70. The minimum atomic E-state index is 0.509. The number of hydrogen-bond donors (Lipinski definition) is 0. The lowest BCUT2D eigenvalue weighted by atomic mass is 9.45. The van der Waals surface area contributed by atoms with Crippen molar-refractivity contribution in [3.05, 3.63) is 0 Å². The summed E-state index contributed by atoms with van der Waals surface area (Å²) < 4.78 is 0. The molecular formula is C11H23B. The van der Waals surface area contributed by atoms with Crippen molar-refractivity contribution in [2.75, 3.05) is 0 Å². The zero-order valence-corrected chi connectivity index (χ0v) is 9.62. The van der Waals surface area contributed by atoms with E-state index in [9.17, 15) is 0 Å². The van der Waals surface area contributed by atoms with E-state index in [1.165, 1.54) is 19.3 Å². The Balaban J connectivity index is 2.82. The Labute approximate surface area is 78.5 Å². The van der Waals surface area contributed by atoms with Crippen LogP contribution in [0.1, 0.15) is 53.9 Å². The summed E-state index contributed by atoms with van der Waals surface area (Å²) >= 11 is 0. The van der Waals surface area contributed by atoms with Crippen LogP contribution in [0, 0.1) is 10.8 Å². The van der Waals surface area contributed by atoms with Gasteiger partial charge in [-0.1, -0.05) is 46.4 Å². The van der Waals surface area contributed by atoms with Gasteiger partial charge in [-0.2, -0.15) is 0 Å². The molecular weight excluding hydrogens is 143 g/mol. The number of rotatable bonds is 0. The zero-order chi connectivity index (χ0) is 9.62. The highest BCUT2D eigenvalue weighted by molar-refractivity contribution is 6.15. The first-order valence-electron chi connectivity index (χ1n) is 5.16. The highest BCUT2D eigenvalue weighted by Gasteiger charge is 2.44. The van der Waals surface area contributed by atoms with E-state index in [1.807, 2.05) is 0 Å². The Morgan fingerprint density at radius 2 is 1.42 bits per heavy atom. The van der Waals surface area contributed by atoms with Gasteiger partial charge in [0.15, 0.2) is 0 Å². The Kier molecular flexibility index (Phi) is 2.14. The molecule has 1 fully saturated rings. The predicted molar refractivity (Wildman–Crippen MR) is 58.3 cm³/mol. The van der Waals surface area contributed by atoms with Crippen molar-refractivity contribution in [2.24, 2.45) is 10.8 Å². The molecule has 0 aromatic heterocycles. The van der Waals surface area contributed by atoms with Gasteiger partial charge in [-0.25, -0.2) is 0 Å². The monoisotopic (exact) mass is 166 g/mol. The molecule has 0 nitrogen and oxygen atoms in total. The van der Waals surface area contributed by atoms with Crippen LogP contribution in [-0.4, -0.2) is 7.85 Å². The van der Waals surface area contributed by atoms with E-state index in [2.05, 4.69) is 42.5 Å². The summed E-state index contributed by atoms with van der Waals surface area (Å²) in [6, 6.07) is 0. The van der Waals surface area contributed by atoms with Crippen molar-refractivity contribution in [2.45, 2.75) is 59.2 Å². The van der Waals surface area contributed by atoms with Crippen molar-refractivity contribution < 1.29 is 0 Å². The standard InChI is InChI=1S/C11H23B/c1-9(2)6-7-11(5,12)10(3,4)8-9/h6-8,12H2,1-5H3. The quantitative estimate of drug-likeness (QED) is 0.485. The molecule has 0 aromatic rings. The van der Waals surface area contributed by atoms with Gasteiger partial charge in [0.05, 0.1) is 0 Å². The normalized spacial score (nSPS) is 39.4. The molecule has 0 aromatic carbocycles. The van der Waals surface area contributed by atoms with Crippen LogP contribution in [0.5, 0.6) is 0 Å². The average Bonchev–Trinajstić information content (AvgIpc) is 1.79. The summed E-state index contributed by atoms with van der Waals surface area (Å²) in [5.74, 6) is 0. The lowest BCUT2D eigenvalue weighted by molar-refractivity contribution is 0.0709. The van der Waals surface area contributed by atoms with Crippen molar-refractivity contribution in [3.8, 4) is 0 Å². The van der Waals surface area contributed by atoms with Gasteiger partial charge in [-0.05, 0) is 23.7 Å². The van der Waals surface area contributed by atoms with Crippen LogP contribution in [-0.2, 0) is 0 Å². The van der Waals surface area contributed by atoms with Gasteiger partial charge in [0, 0.05) is 0 Å². The minimum Gasteiger partial charge on any atom is -0.0664 e. The molecule has 0 amide bonds. The van der Waals surface area contributed by atoms with E-state index in [-0.39, 0.29) is 0 Å². The molecule has 1 heteroatoms. The second kappa shape index (κ2) is 2.53. The predicted octanol–water partition coefficient (Wildman–Crippen LogP) is 3.03. The summed E-state index contributed by atoms with van der Waals surface area (Å²) in [6.07, 6.45) is 4.14. The highest BCUT2D eigenvalue weighted by atomic mass is 14.5. The first kappa shape index (κ1) is 10.1. The topological polar surface area (TPSA) is 0 Å². The first-order chi connectivity index (χ1) is 5.16. The van der Waals surface area contributed by atoms with Crippen LogP contribution < -0.4 is 0 Å². The average molecular weight is 166 g/mol. The molecule has 0 radical (unpaired) electrons. The Morgan fingerprint density at radius 3 is 1.75 bits per heavy atom. The van der Waals surface area contributed by atoms with Gasteiger partial charge < -0.3 is 0 Å². The molecule has 12 heavy (non-hydrogen) atoms. The Bertz CT molecular complexity index is 177. The molecule has 1 atom stereocenters. The van der Waals surface area contributed by atoms with Crippen LogP contribution in [0.3, 0.4) is 0 Å². The lowest BCUT2D eigenvalue weighted by Crippen LogP contribution is -2.39. The molecule has 1 aliphatic rings. The fourth-order valence-corrected chi connectivity index (χ4v) is 2.51. The molecule has 0 bridgehead atoms. The fourth-order valence-electron chi connectivity index (χ4n) is 2.51. The third-order valence-corrected chi connectivity index (χ3v) is 4.18. The molecule has 0 heterocycles. The molecule has 1 unspecified atom stereocenters. The van der Waals surface area contributed by atoms with Crippen LogP contribution in [0.25, 0.3) is 0 Å². The van der Waals surface area contributed by atoms with Crippen molar-refractivity contribution in [1.82, 2.24) is 0 Å². The number of hydrogen-bond acceptors (Lipinski definition) is 0. The molecule has 0 N–H and O–H groups in total. The second-order valence-corrected chi connectivity index (χ2v) is 6.61. The summed E-state index contributed by atoms with van der Waals surface area (Å²) in [4.78, 5) is 0. The van der Waals surface area contributed by atoms with Crippen LogP contribution in [0.4, 0.5) is 0 Å².